The normalized spacial score (nSPS) is 12.0. The lowest BCUT2D eigenvalue weighted by Crippen LogP contribution is -2.22. The summed E-state index contributed by atoms with van der Waals surface area (Å²) in [5.74, 6) is 0.936. The van der Waals surface area contributed by atoms with Gasteiger partial charge in [-0.1, -0.05) is 13.8 Å². The van der Waals surface area contributed by atoms with Crippen LogP contribution in [0.2, 0.25) is 0 Å². The lowest BCUT2D eigenvalue weighted by atomic mass is 9.89. The van der Waals surface area contributed by atoms with Gasteiger partial charge in [-0.2, -0.15) is 5.10 Å². The van der Waals surface area contributed by atoms with Crippen molar-refractivity contribution >= 4 is 12.2 Å². The highest BCUT2D eigenvalue weighted by Gasteiger charge is 2.19. The number of nitrogens with zero attached hydrogens (tertiary/aromatic N) is 2. The predicted molar refractivity (Wildman–Crippen MR) is 62.4 cm³/mol. The monoisotopic (exact) mass is 229 g/mol. The molecule has 0 unspecified atom stereocenters. The van der Waals surface area contributed by atoms with Gasteiger partial charge in [0, 0.05) is 20.3 Å². The van der Waals surface area contributed by atoms with Crippen LogP contribution in [0.4, 0.5) is 0 Å². The van der Waals surface area contributed by atoms with Gasteiger partial charge in [0.1, 0.15) is 5.82 Å². The highest BCUT2D eigenvalue weighted by molar-refractivity contribution is 7.71. The molecular formula is C10H19N3OS. The molecule has 4 nitrogen and oxygen atoms in total. The summed E-state index contributed by atoms with van der Waals surface area (Å²) < 4.78 is 7.82. The summed E-state index contributed by atoms with van der Waals surface area (Å²) >= 11 is 5.17. The van der Waals surface area contributed by atoms with Crippen molar-refractivity contribution in [2.24, 2.45) is 5.41 Å². The molecule has 1 N–H and O–H groups in total. The number of nitrogens with one attached hydrogen (secondary N) is 1. The van der Waals surface area contributed by atoms with E-state index in [0.717, 1.165) is 25.4 Å². The zero-order chi connectivity index (χ0) is 11.5. The SMILES string of the molecule is COCCC(C)(C)Cn1c(C)n[nH]c1=S. The van der Waals surface area contributed by atoms with Crippen LogP contribution >= 0.6 is 12.2 Å². The Balaban J connectivity index is 2.72. The zero-order valence-electron chi connectivity index (χ0n) is 9.83. The van der Waals surface area contributed by atoms with Gasteiger partial charge in [0.05, 0.1) is 0 Å². The number of aromatic amines is 1. The van der Waals surface area contributed by atoms with Gasteiger partial charge >= 0.3 is 0 Å². The second kappa shape index (κ2) is 4.90. The van der Waals surface area contributed by atoms with Crippen molar-refractivity contribution in [2.75, 3.05) is 13.7 Å². The van der Waals surface area contributed by atoms with E-state index in [1.165, 1.54) is 0 Å². The minimum Gasteiger partial charge on any atom is -0.385 e. The van der Waals surface area contributed by atoms with Crippen molar-refractivity contribution in [1.82, 2.24) is 14.8 Å². The van der Waals surface area contributed by atoms with Crippen LogP contribution < -0.4 is 0 Å². The lowest BCUT2D eigenvalue weighted by molar-refractivity contribution is 0.142. The Bertz CT molecular complexity index is 367. The fraction of sp³-hybridized carbons (Fsp3) is 0.800. The van der Waals surface area contributed by atoms with Crippen LogP contribution in [0.1, 0.15) is 26.1 Å². The van der Waals surface area contributed by atoms with Gasteiger partial charge in [-0.3, -0.25) is 5.10 Å². The van der Waals surface area contributed by atoms with Crippen LogP contribution in [-0.2, 0) is 11.3 Å². The summed E-state index contributed by atoms with van der Waals surface area (Å²) in [6.07, 6.45) is 1.01. The van der Waals surface area contributed by atoms with E-state index in [9.17, 15) is 0 Å². The summed E-state index contributed by atoms with van der Waals surface area (Å²) in [7, 11) is 1.73. The average Bonchev–Trinajstić information content (AvgIpc) is 2.46. The standard InChI is InChI=1S/C10H19N3OS/c1-8-11-12-9(15)13(8)7-10(2,3)5-6-14-4/h5-7H2,1-4H3,(H,12,15). The first-order valence-corrected chi connectivity index (χ1v) is 5.48. The molecule has 0 saturated heterocycles. The summed E-state index contributed by atoms with van der Waals surface area (Å²) in [4.78, 5) is 0. The van der Waals surface area contributed by atoms with Gasteiger partial charge in [-0.25, -0.2) is 0 Å². The lowest BCUT2D eigenvalue weighted by Gasteiger charge is -2.24. The Hall–Kier alpha value is -0.680. The molecule has 1 heterocycles. The summed E-state index contributed by atoms with van der Waals surface area (Å²) in [5.41, 5.74) is 0.170. The van der Waals surface area contributed by atoms with Crippen molar-refractivity contribution in [1.29, 1.82) is 0 Å². The van der Waals surface area contributed by atoms with Crippen molar-refractivity contribution < 1.29 is 4.74 Å². The molecule has 0 aromatic carbocycles. The van der Waals surface area contributed by atoms with Crippen molar-refractivity contribution in [3.63, 3.8) is 0 Å². The van der Waals surface area contributed by atoms with Gasteiger partial charge in [-0.05, 0) is 31.0 Å². The van der Waals surface area contributed by atoms with Crippen LogP contribution in [-0.4, -0.2) is 28.5 Å². The average molecular weight is 229 g/mol. The fourth-order valence-electron chi connectivity index (χ4n) is 1.47. The number of rotatable bonds is 5. The fourth-order valence-corrected chi connectivity index (χ4v) is 1.71. The van der Waals surface area contributed by atoms with Crippen LogP contribution in [0.25, 0.3) is 0 Å². The van der Waals surface area contributed by atoms with Gasteiger partial charge in [-0.15, -0.1) is 0 Å². The quantitative estimate of drug-likeness (QED) is 0.788. The Kier molecular flexibility index (Phi) is 4.04. The van der Waals surface area contributed by atoms with E-state index in [2.05, 4.69) is 24.0 Å². The maximum absolute atomic E-state index is 5.17. The number of H-pyrrole nitrogens is 1. The molecule has 0 spiro atoms. The molecule has 1 aromatic rings. The molecule has 1 aromatic heterocycles. The first-order valence-electron chi connectivity index (χ1n) is 5.07. The molecule has 0 aliphatic heterocycles. The third kappa shape index (κ3) is 3.43. The topological polar surface area (TPSA) is 42.8 Å². The van der Waals surface area contributed by atoms with Gasteiger partial charge in [0.25, 0.3) is 0 Å². The van der Waals surface area contributed by atoms with Crippen LogP contribution in [0, 0.1) is 17.1 Å². The Morgan fingerprint density at radius 3 is 2.67 bits per heavy atom. The molecular weight excluding hydrogens is 210 g/mol. The summed E-state index contributed by atoms with van der Waals surface area (Å²) in [6.45, 7) is 8.02. The van der Waals surface area contributed by atoms with E-state index in [0.29, 0.717) is 4.77 Å². The largest absolute Gasteiger partial charge is 0.385 e. The Morgan fingerprint density at radius 2 is 2.20 bits per heavy atom. The predicted octanol–water partition coefficient (Wildman–Crippen LogP) is 2.31. The second-order valence-electron chi connectivity index (χ2n) is 4.57. The number of aryl methyl sites for hydroxylation is 1. The van der Waals surface area contributed by atoms with Crippen molar-refractivity contribution in [3.8, 4) is 0 Å². The number of methoxy groups -OCH3 is 1. The van der Waals surface area contributed by atoms with E-state index < -0.39 is 0 Å². The van der Waals surface area contributed by atoms with Gasteiger partial charge in [0.2, 0.25) is 0 Å². The molecule has 0 bridgehead atoms. The Labute approximate surface area is 95.7 Å². The molecule has 0 saturated carbocycles. The van der Waals surface area contributed by atoms with Crippen LogP contribution in [0.15, 0.2) is 0 Å². The van der Waals surface area contributed by atoms with Gasteiger partial charge < -0.3 is 9.30 Å². The molecule has 0 atom stereocenters. The molecule has 1 rings (SSSR count). The van der Waals surface area contributed by atoms with E-state index in [1.54, 1.807) is 7.11 Å². The van der Waals surface area contributed by atoms with E-state index in [4.69, 9.17) is 17.0 Å². The first kappa shape index (κ1) is 12.4. The maximum Gasteiger partial charge on any atom is 0.195 e. The van der Waals surface area contributed by atoms with Crippen LogP contribution in [0.3, 0.4) is 0 Å². The summed E-state index contributed by atoms with van der Waals surface area (Å²) in [6, 6.07) is 0. The maximum atomic E-state index is 5.17. The number of ether oxygens (including phenoxy) is 1. The summed E-state index contributed by atoms with van der Waals surface area (Å²) in [5, 5.41) is 6.90. The number of aromatic nitrogens is 3. The van der Waals surface area contributed by atoms with Gasteiger partial charge in [0.15, 0.2) is 4.77 Å². The molecule has 0 radical (unpaired) electrons. The minimum atomic E-state index is 0.170. The van der Waals surface area contributed by atoms with Crippen molar-refractivity contribution in [3.05, 3.63) is 10.6 Å². The van der Waals surface area contributed by atoms with E-state index >= 15 is 0 Å². The number of hydrogen-bond donors (Lipinski definition) is 1. The Morgan fingerprint density at radius 1 is 1.53 bits per heavy atom. The highest BCUT2D eigenvalue weighted by Crippen LogP contribution is 2.23. The number of hydrogen-bond acceptors (Lipinski definition) is 3. The molecule has 5 heteroatoms. The minimum absolute atomic E-state index is 0.170. The third-order valence-electron chi connectivity index (χ3n) is 2.52. The van der Waals surface area contributed by atoms with E-state index in [-0.39, 0.29) is 5.41 Å². The second-order valence-corrected chi connectivity index (χ2v) is 4.96. The molecule has 0 fully saturated rings. The van der Waals surface area contributed by atoms with Crippen LogP contribution in [0.5, 0.6) is 0 Å². The van der Waals surface area contributed by atoms with Crippen molar-refractivity contribution in [2.45, 2.75) is 33.7 Å². The molecule has 15 heavy (non-hydrogen) atoms. The molecule has 86 valence electrons. The smallest absolute Gasteiger partial charge is 0.195 e. The first-order chi connectivity index (χ1) is 6.96. The zero-order valence-corrected chi connectivity index (χ0v) is 10.6. The van der Waals surface area contributed by atoms with E-state index in [1.807, 2.05) is 11.5 Å². The highest BCUT2D eigenvalue weighted by atomic mass is 32.1. The molecule has 0 aliphatic carbocycles. The third-order valence-corrected chi connectivity index (χ3v) is 2.83. The molecule has 0 amide bonds. The molecule has 0 aliphatic rings.